The van der Waals surface area contributed by atoms with Gasteiger partial charge in [0.1, 0.15) is 5.75 Å². The van der Waals surface area contributed by atoms with Gasteiger partial charge >= 0.3 is 0 Å². The number of ketones is 1. The average Bonchev–Trinajstić information content (AvgIpc) is 2.80. The van der Waals surface area contributed by atoms with Crippen molar-refractivity contribution in [2.45, 2.75) is 39.7 Å². The zero-order valence-electron chi connectivity index (χ0n) is 17.3. The second kappa shape index (κ2) is 7.07. The van der Waals surface area contributed by atoms with Gasteiger partial charge in [-0.15, -0.1) is 0 Å². The summed E-state index contributed by atoms with van der Waals surface area (Å²) in [7, 11) is 1.60. The van der Waals surface area contributed by atoms with Crippen LogP contribution in [-0.4, -0.2) is 24.8 Å². The lowest BCUT2D eigenvalue weighted by atomic mass is 9.74. The minimum atomic E-state index is -0.362. The fraction of sp³-hybridized carbons (Fsp3) is 0.333. The molecule has 1 unspecified atom stereocenters. The maximum absolute atomic E-state index is 13.6. The van der Waals surface area contributed by atoms with Crippen molar-refractivity contribution >= 4 is 23.1 Å². The molecule has 2 aromatic carbocycles. The Labute approximate surface area is 171 Å². The van der Waals surface area contributed by atoms with Gasteiger partial charge in [0, 0.05) is 23.3 Å². The summed E-state index contributed by atoms with van der Waals surface area (Å²) < 4.78 is 5.21. The maximum Gasteiger partial charge on any atom is 0.258 e. The Bertz CT molecular complexity index is 1010. The van der Waals surface area contributed by atoms with Gasteiger partial charge < -0.3 is 10.1 Å². The molecule has 5 heteroatoms. The van der Waals surface area contributed by atoms with E-state index in [2.05, 4.69) is 19.2 Å². The van der Waals surface area contributed by atoms with E-state index in [4.69, 9.17) is 4.74 Å². The molecule has 4 rings (SSSR count). The molecule has 1 amide bonds. The fourth-order valence-electron chi connectivity index (χ4n) is 4.38. The number of rotatable bonds is 2. The van der Waals surface area contributed by atoms with Crippen LogP contribution < -0.4 is 15.0 Å². The van der Waals surface area contributed by atoms with Gasteiger partial charge in [-0.1, -0.05) is 26.0 Å². The van der Waals surface area contributed by atoms with Crippen molar-refractivity contribution in [3.63, 3.8) is 0 Å². The van der Waals surface area contributed by atoms with Crippen LogP contribution in [0.1, 0.15) is 44.0 Å². The van der Waals surface area contributed by atoms with E-state index in [1.165, 1.54) is 0 Å². The highest BCUT2D eigenvalue weighted by atomic mass is 16.5. The monoisotopic (exact) mass is 390 g/mol. The van der Waals surface area contributed by atoms with Gasteiger partial charge in [-0.05, 0) is 55.2 Å². The molecular weight excluding hydrogens is 364 g/mol. The molecular formula is C24H26N2O3. The number of anilines is 2. The Hall–Kier alpha value is -3.08. The van der Waals surface area contributed by atoms with Gasteiger partial charge in [0.15, 0.2) is 5.78 Å². The first-order valence-electron chi connectivity index (χ1n) is 9.90. The molecule has 0 bridgehead atoms. The highest BCUT2D eigenvalue weighted by Gasteiger charge is 2.40. The predicted molar refractivity (Wildman–Crippen MR) is 114 cm³/mol. The molecule has 5 nitrogen and oxygen atoms in total. The van der Waals surface area contributed by atoms with Crippen LogP contribution in [0.25, 0.3) is 0 Å². The van der Waals surface area contributed by atoms with Crippen molar-refractivity contribution in [2.24, 2.45) is 5.41 Å². The summed E-state index contributed by atoms with van der Waals surface area (Å²) in [5, 5.41) is 3.48. The zero-order chi connectivity index (χ0) is 20.8. The Balaban J connectivity index is 1.83. The summed E-state index contributed by atoms with van der Waals surface area (Å²) in [4.78, 5) is 28.4. The lowest BCUT2D eigenvalue weighted by Crippen LogP contribution is -2.43. The van der Waals surface area contributed by atoms with Gasteiger partial charge in [0.2, 0.25) is 0 Å². The van der Waals surface area contributed by atoms with Crippen LogP contribution in [0.2, 0.25) is 0 Å². The highest BCUT2D eigenvalue weighted by molar-refractivity contribution is 6.11. The molecule has 29 heavy (non-hydrogen) atoms. The van der Waals surface area contributed by atoms with E-state index in [1.807, 2.05) is 31.2 Å². The quantitative estimate of drug-likeness (QED) is 0.800. The van der Waals surface area contributed by atoms with E-state index >= 15 is 0 Å². The molecule has 1 N–H and O–H groups in total. The fourth-order valence-corrected chi connectivity index (χ4v) is 4.38. The molecule has 1 aliphatic carbocycles. The summed E-state index contributed by atoms with van der Waals surface area (Å²) in [6, 6.07) is 14.4. The van der Waals surface area contributed by atoms with Gasteiger partial charge in [-0.3, -0.25) is 14.5 Å². The summed E-state index contributed by atoms with van der Waals surface area (Å²) in [5.41, 5.74) is 3.71. The van der Waals surface area contributed by atoms with Crippen molar-refractivity contribution < 1.29 is 14.3 Å². The van der Waals surface area contributed by atoms with Crippen LogP contribution in [0.3, 0.4) is 0 Å². The number of amides is 1. The van der Waals surface area contributed by atoms with E-state index in [-0.39, 0.29) is 23.1 Å². The van der Waals surface area contributed by atoms with Crippen LogP contribution >= 0.6 is 0 Å². The minimum absolute atomic E-state index is 0.104. The number of nitrogens with one attached hydrogen (secondary N) is 1. The summed E-state index contributed by atoms with van der Waals surface area (Å²) in [5.74, 6) is 0.666. The van der Waals surface area contributed by atoms with Gasteiger partial charge in [-0.2, -0.15) is 0 Å². The first-order chi connectivity index (χ1) is 13.8. The largest absolute Gasteiger partial charge is 0.497 e. The third-order valence-electron chi connectivity index (χ3n) is 5.73. The number of ether oxygens (including phenoxy) is 1. The number of methoxy groups -OCH3 is 1. The molecule has 0 saturated heterocycles. The lowest BCUT2D eigenvalue weighted by Gasteiger charge is -2.35. The predicted octanol–water partition coefficient (Wildman–Crippen LogP) is 4.80. The molecule has 150 valence electrons. The molecule has 0 saturated carbocycles. The number of allylic oxidation sites excluding steroid dienone is 1. The van der Waals surface area contributed by atoms with E-state index < -0.39 is 0 Å². The van der Waals surface area contributed by atoms with Crippen LogP contribution in [0, 0.1) is 5.41 Å². The molecule has 2 aromatic rings. The number of benzene rings is 2. The van der Waals surface area contributed by atoms with Crippen LogP contribution in [0.4, 0.5) is 11.4 Å². The van der Waals surface area contributed by atoms with Gasteiger partial charge in [0.25, 0.3) is 5.91 Å². The molecule has 1 aliphatic heterocycles. The molecule has 0 radical (unpaired) electrons. The Morgan fingerprint density at radius 2 is 1.79 bits per heavy atom. The smallest absolute Gasteiger partial charge is 0.258 e. The normalized spacial score (nSPS) is 20.3. The number of fused-ring (bicyclic) bond motifs is 1. The first kappa shape index (κ1) is 19.2. The van der Waals surface area contributed by atoms with Gasteiger partial charge in [-0.25, -0.2) is 0 Å². The number of hydrogen-bond donors (Lipinski definition) is 1. The first-order valence-corrected chi connectivity index (χ1v) is 9.90. The van der Waals surface area contributed by atoms with Crippen molar-refractivity contribution in [3.05, 3.63) is 65.4 Å². The summed E-state index contributed by atoms with van der Waals surface area (Å²) in [6.07, 6.45) is 1.26. The molecule has 1 atom stereocenters. The standard InChI is InChI=1S/C24H26N2O3/c1-15-22-19(13-24(2,3)14-21(22)27)25-18-7-5-6-8-20(18)26(15)23(28)16-9-11-17(29-4)12-10-16/h5-12,15,25H,13-14H2,1-4H3. The number of carbonyl (C=O) groups excluding carboxylic acids is 2. The second-order valence-corrected chi connectivity index (χ2v) is 8.55. The Morgan fingerprint density at radius 3 is 2.48 bits per heavy atom. The third kappa shape index (κ3) is 3.41. The van der Waals surface area contributed by atoms with E-state index in [9.17, 15) is 9.59 Å². The van der Waals surface area contributed by atoms with Crippen molar-refractivity contribution in [1.82, 2.24) is 0 Å². The number of hydrogen-bond acceptors (Lipinski definition) is 4. The van der Waals surface area contributed by atoms with Crippen molar-refractivity contribution in [2.75, 3.05) is 17.3 Å². The van der Waals surface area contributed by atoms with Crippen molar-refractivity contribution in [3.8, 4) is 5.75 Å². The average molecular weight is 390 g/mol. The topological polar surface area (TPSA) is 58.6 Å². The number of carbonyl (C=O) groups is 2. The number of nitrogens with zero attached hydrogens (tertiary/aromatic N) is 1. The maximum atomic E-state index is 13.6. The van der Waals surface area contributed by atoms with E-state index in [0.717, 1.165) is 23.5 Å². The van der Waals surface area contributed by atoms with E-state index in [1.54, 1.807) is 36.3 Å². The van der Waals surface area contributed by atoms with Crippen LogP contribution in [0.5, 0.6) is 5.75 Å². The lowest BCUT2D eigenvalue weighted by molar-refractivity contribution is -0.118. The SMILES string of the molecule is COc1ccc(C(=O)N2c3ccccc3NC3=C(C(=O)CC(C)(C)C3)C2C)cc1. The zero-order valence-corrected chi connectivity index (χ0v) is 17.3. The number of Topliss-reactive ketones (excluding diaryl/α,β-unsaturated/α-hetero) is 1. The molecule has 2 aliphatic rings. The van der Waals surface area contributed by atoms with E-state index in [0.29, 0.717) is 23.3 Å². The Kier molecular flexibility index (Phi) is 4.69. The molecule has 0 fully saturated rings. The van der Waals surface area contributed by atoms with Crippen molar-refractivity contribution in [1.29, 1.82) is 0 Å². The summed E-state index contributed by atoms with van der Waals surface area (Å²) in [6.45, 7) is 6.16. The Morgan fingerprint density at radius 1 is 1.10 bits per heavy atom. The summed E-state index contributed by atoms with van der Waals surface area (Å²) >= 11 is 0. The second-order valence-electron chi connectivity index (χ2n) is 8.55. The molecule has 0 aromatic heterocycles. The van der Waals surface area contributed by atoms with Crippen LogP contribution in [0.15, 0.2) is 59.8 Å². The third-order valence-corrected chi connectivity index (χ3v) is 5.73. The molecule has 1 heterocycles. The van der Waals surface area contributed by atoms with Gasteiger partial charge in [0.05, 0.1) is 24.5 Å². The number of para-hydroxylation sites is 2. The molecule has 0 spiro atoms. The minimum Gasteiger partial charge on any atom is -0.497 e. The highest BCUT2D eigenvalue weighted by Crippen LogP contribution is 2.43. The van der Waals surface area contributed by atoms with Crippen LogP contribution in [-0.2, 0) is 4.79 Å².